The Bertz CT molecular complexity index is 1370. The van der Waals surface area contributed by atoms with Gasteiger partial charge in [-0.05, 0) is 49.0 Å². The Morgan fingerprint density at radius 1 is 0.941 bits per heavy atom. The van der Waals surface area contributed by atoms with E-state index in [2.05, 4.69) is 19.8 Å². The smallest absolute Gasteiger partial charge is 0.249 e. The van der Waals surface area contributed by atoms with Gasteiger partial charge in [0.05, 0.1) is 6.61 Å². The minimum atomic E-state index is -0.553. The van der Waals surface area contributed by atoms with Crippen LogP contribution in [0.5, 0.6) is 5.88 Å². The van der Waals surface area contributed by atoms with Gasteiger partial charge in [-0.1, -0.05) is 12.1 Å². The first-order valence-corrected chi connectivity index (χ1v) is 11.5. The minimum Gasteiger partial charge on any atom is -0.478 e. The average Bonchev–Trinajstić information content (AvgIpc) is 2.83. The van der Waals surface area contributed by atoms with Gasteiger partial charge in [-0.25, -0.2) is 8.78 Å². The van der Waals surface area contributed by atoms with E-state index in [0.29, 0.717) is 28.9 Å². The highest BCUT2D eigenvalue weighted by molar-refractivity contribution is 5.95. The molecule has 2 aromatic carbocycles. The molecule has 6 nitrogen and oxygen atoms in total. The molecular formula is C26H26F2N4O2. The molecule has 0 amide bonds. The molecule has 5 rings (SSSR count). The Morgan fingerprint density at radius 2 is 1.76 bits per heavy atom. The zero-order valence-electron chi connectivity index (χ0n) is 18.8. The molecule has 0 bridgehead atoms. The van der Waals surface area contributed by atoms with E-state index in [0.717, 1.165) is 62.7 Å². The van der Waals surface area contributed by atoms with Gasteiger partial charge in [-0.2, -0.15) is 4.98 Å². The number of hydrogen-bond donors (Lipinski definition) is 1. The van der Waals surface area contributed by atoms with Gasteiger partial charge in [0, 0.05) is 60.8 Å². The molecule has 176 valence electrons. The lowest BCUT2D eigenvalue weighted by molar-refractivity contribution is 0.237. The highest BCUT2D eigenvalue weighted by Gasteiger charge is 2.20. The molecule has 0 radical (unpaired) electrons. The van der Waals surface area contributed by atoms with E-state index in [4.69, 9.17) is 4.74 Å². The summed E-state index contributed by atoms with van der Waals surface area (Å²) in [6.45, 7) is 4.89. The summed E-state index contributed by atoms with van der Waals surface area (Å²) in [4.78, 5) is 23.1. The third-order valence-electron chi connectivity index (χ3n) is 6.26. The first-order chi connectivity index (χ1) is 16.6. The molecule has 1 N–H and O–H groups in total. The number of aromatic amines is 1. The number of fused-ring (bicyclic) bond motifs is 2. The van der Waals surface area contributed by atoms with E-state index in [1.165, 1.54) is 12.1 Å². The van der Waals surface area contributed by atoms with E-state index in [9.17, 15) is 13.6 Å². The van der Waals surface area contributed by atoms with Crippen LogP contribution < -0.4 is 15.2 Å². The number of benzene rings is 2. The van der Waals surface area contributed by atoms with Crippen LogP contribution in [0.1, 0.15) is 12.8 Å². The fourth-order valence-electron chi connectivity index (χ4n) is 4.50. The number of H-pyrrole nitrogens is 1. The molecule has 0 saturated carbocycles. The third kappa shape index (κ3) is 4.87. The van der Waals surface area contributed by atoms with Crippen LogP contribution >= 0.6 is 0 Å². The summed E-state index contributed by atoms with van der Waals surface area (Å²) in [6.07, 6.45) is 1.89. The SMILES string of the molecule is O=c1ccc2ccc(OCCCCN3CCN(c4cccc5cc(F)cc(F)c45)CC3)nc2[nH]1. The van der Waals surface area contributed by atoms with Gasteiger partial charge in [0.2, 0.25) is 11.4 Å². The van der Waals surface area contributed by atoms with Crippen LogP contribution in [0.2, 0.25) is 0 Å². The van der Waals surface area contributed by atoms with Crippen molar-refractivity contribution in [1.82, 2.24) is 14.9 Å². The van der Waals surface area contributed by atoms with Gasteiger partial charge in [0.15, 0.2) is 0 Å². The first kappa shape index (κ1) is 22.3. The Hall–Kier alpha value is -3.52. The number of aromatic nitrogens is 2. The number of hydrogen-bond acceptors (Lipinski definition) is 5. The predicted octanol–water partition coefficient (Wildman–Crippen LogP) is 4.34. The maximum Gasteiger partial charge on any atom is 0.249 e. The third-order valence-corrected chi connectivity index (χ3v) is 6.26. The number of rotatable bonds is 7. The number of nitrogens with zero attached hydrogens (tertiary/aromatic N) is 3. The molecule has 1 aliphatic rings. The van der Waals surface area contributed by atoms with Crippen LogP contribution in [0.25, 0.3) is 21.8 Å². The van der Waals surface area contributed by atoms with E-state index >= 15 is 0 Å². The lowest BCUT2D eigenvalue weighted by atomic mass is 10.1. The molecule has 0 spiro atoms. The molecule has 3 heterocycles. The molecule has 8 heteroatoms. The molecule has 1 fully saturated rings. The fraction of sp³-hybridized carbons (Fsp3) is 0.308. The Labute approximate surface area is 195 Å². The first-order valence-electron chi connectivity index (χ1n) is 11.5. The molecule has 1 aliphatic heterocycles. The second-order valence-corrected chi connectivity index (χ2v) is 8.56. The topological polar surface area (TPSA) is 61.5 Å². The normalized spacial score (nSPS) is 14.7. The zero-order valence-corrected chi connectivity index (χ0v) is 18.8. The highest BCUT2D eigenvalue weighted by atomic mass is 19.1. The van der Waals surface area contributed by atoms with Gasteiger partial charge < -0.3 is 14.6 Å². The van der Waals surface area contributed by atoms with Crippen LogP contribution in [0.3, 0.4) is 0 Å². The van der Waals surface area contributed by atoms with Crippen LogP contribution in [-0.2, 0) is 0 Å². The van der Waals surface area contributed by atoms with Gasteiger partial charge >= 0.3 is 0 Å². The predicted molar refractivity (Wildman–Crippen MR) is 130 cm³/mol. The van der Waals surface area contributed by atoms with E-state index in [1.807, 2.05) is 24.3 Å². The number of pyridine rings is 2. The van der Waals surface area contributed by atoms with Crippen LogP contribution in [-0.4, -0.2) is 54.2 Å². The standard InChI is InChI=1S/C26H26F2N4O2/c27-20-16-19-4-3-5-22(25(19)21(28)17-20)32-13-11-31(12-14-32)10-1-2-15-34-24-9-7-18-6-8-23(33)29-26(18)30-24/h3-9,16-17H,1-2,10-15H2,(H,29,30,33). The van der Waals surface area contributed by atoms with Crippen LogP contribution in [0, 0.1) is 11.6 Å². The van der Waals surface area contributed by atoms with Crippen molar-refractivity contribution in [3.8, 4) is 5.88 Å². The molecule has 1 saturated heterocycles. The van der Waals surface area contributed by atoms with Gasteiger partial charge in [-0.15, -0.1) is 0 Å². The average molecular weight is 465 g/mol. The van der Waals surface area contributed by atoms with Crippen molar-refractivity contribution >= 4 is 27.5 Å². The van der Waals surface area contributed by atoms with Crippen LogP contribution in [0.15, 0.2) is 59.4 Å². The summed E-state index contributed by atoms with van der Waals surface area (Å²) >= 11 is 0. The fourth-order valence-corrected chi connectivity index (χ4v) is 4.50. The number of halogens is 2. The van der Waals surface area contributed by atoms with E-state index < -0.39 is 11.6 Å². The molecule has 4 aromatic rings. The number of nitrogens with one attached hydrogen (secondary N) is 1. The number of ether oxygens (including phenoxy) is 1. The number of unbranched alkanes of at least 4 members (excludes halogenated alkanes) is 1. The Balaban J connectivity index is 1.09. The zero-order chi connectivity index (χ0) is 23.5. The van der Waals surface area contributed by atoms with E-state index in [1.54, 1.807) is 12.1 Å². The Kier molecular flexibility index (Phi) is 6.40. The minimum absolute atomic E-state index is 0.184. The van der Waals surface area contributed by atoms with Gasteiger partial charge in [-0.3, -0.25) is 9.69 Å². The second kappa shape index (κ2) is 9.77. The summed E-state index contributed by atoms with van der Waals surface area (Å²) in [7, 11) is 0. The molecule has 34 heavy (non-hydrogen) atoms. The summed E-state index contributed by atoms with van der Waals surface area (Å²) in [5.41, 5.74) is 1.17. The van der Waals surface area contributed by atoms with E-state index in [-0.39, 0.29) is 5.56 Å². The van der Waals surface area contributed by atoms with Crippen molar-refractivity contribution in [2.75, 3.05) is 44.2 Å². The molecule has 0 atom stereocenters. The number of piperazine rings is 1. The molecule has 0 aliphatic carbocycles. The molecular weight excluding hydrogens is 438 g/mol. The summed E-state index contributed by atoms with van der Waals surface area (Å²) in [5, 5.41) is 1.94. The number of anilines is 1. The van der Waals surface area contributed by atoms with Crippen molar-refractivity contribution in [3.63, 3.8) is 0 Å². The van der Waals surface area contributed by atoms with Crippen molar-refractivity contribution in [2.45, 2.75) is 12.8 Å². The van der Waals surface area contributed by atoms with Crippen molar-refractivity contribution in [3.05, 3.63) is 76.6 Å². The maximum atomic E-state index is 14.5. The van der Waals surface area contributed by atoms with Gasteiger partial charge in [0.25, 0.3) is 0 Å². The summed E-state index contributed by atoms with van der Waals surface area (Å²) < 4.78 is 33.8. The lowest BCUT2D eigenvalue weighted by Gasteiger charge is -2.36. The largest absolute Gasteiger partial charge is 0.478 e. The molecule has 2 aromatic heterocycles. The highest BCUT2D eigenvalue weighted by Crippen LogP contribution is 2.30. The Morgan fingerprint density at radius 3 is 2.62 bits per heavy atom. The summed E-state index contributed by atoms with van der Waals surface area (Å²) in [5.74, 6) is -0.562. The van der Waals surface area contributed by atoms with Crippen LogP contribution in [0.4, 0.5) is 14.5 Å². The van der Waals surface area contributed by atoms with Crippen molar-refractivity contribution < 1.29 is 13.5 Å². The maximum absolute atomic E-state index is 14.5. The lowest BCUT2D eigenvalue weighted by Crippen LogP contribution is -2.46. The quantitative estimate of drug-likeness (QED) is 0.413. The van der Waals surface area contributed by atoms with Crippen molar-refractivity contribution in [2.24, 2.45) is 0 Å². The second-order valence-electron chi connectivity index (χ2n) is 8.56. The van der Waals surface area contributed by atoms with Gasteiger partial charge in [0.1, 0.15) is 17.3 Å². The summed E-state index contributed by atoms with van der Waals surface area (Å²) in [6, 6.07) is 14.8. The monoisotopic (exact) mass is 464 g/mol. The molecule has 0 unspecified atom stereocenters. The van der Waals surface area contributed by atoms with Crippen molar-refractivity contribution in [1.29, 1.82) is 0 Å².